The number of carbonyl (C=O) groups is 1. The summed E-state index contributed by atoms with van der Waals surface area (Å²) in [6.45, 7) is 2.50. The monoisotopic (exact) mass is 266 g/mol. The molecule has 0 bridgehead atoms. The molecular weight excluding hydrogens is 252 g/mol. The highest BCUT2D eigenvalue weighted by Crippen LogP contribution is 2.11. The molecule has 102 valence electrons. The van der Waals surface area contributed by atoms with Gasteiger partial charge in [-0.25, -0.2) is 9.48 Å². The molecule has 8 heteroatoms. The van der Waals surface area contributed by atoms with Crippen LogP contribution in [0, 0.1) is 0 Å². The van der Waals surface area contributed by atoms with Crippen molar-refractivity contribution >= 4 is 5.97 Å². The van der Waals surface area contributed by atoms with Crippen LogP contribution in [0.2, 0.25) is 0 Å². The van der Waals surface area contributed by atoms with Crippen LogP contribution in [0.25, 0.3) is 0 Å². The third kappa shape index (κ3) is 2.79. The van der Waals surface area contributed by atoms with Gasteiger partial charge in [0.2, 0.25) is 0 Å². The number of aromatic carboxylic acids is 1. The highest BCUT2D eigenvalue weighted by Gasteiger charge is 2.18. The molecule has 19 heavy (non-hydrogen) atoms. The zero-order valence-corrected chi connectivity index (χ0v) is 10.7. The zero-order valence-electron chi connectivity index (χ0n) is 10.7. The van der Waals surface area contributed by atoms with Crippen molar-refractivity contribution in [2.45, 2.75) is 26.5 Å². The first kappa shape index (κ1) is 13.2. The van der Waals surface area contributed by atoms with E-state index in [1.165, 1.54) is 4.68 Å². The Kier molecular flexibility index (Phi) is 3.91. The topological polar surface area (TPSA) is 103 Å². The normalized spacial score (nSPS) is 10.8. The molecule has 2 rings (SSSR count). The second-order valence-electron chi connectivity index (χ2n) is 3.92. The number of ether oxygens (including phenoxy) is 1. The molecule has 0 unspecified atom stereocenters. The Bertz CT molecular complexity index is 575. The molecule has 0 aliphatic carbocycles. The molecule has 0 saturated carbocycles. The smallest absolute Gasteiger partial charge is 0.358 e. The molecule has 0 aromatic carbocycles. The van der Waals surface area contributed by atoms with Crippen LogP contribution in [0.15, 0.2) is 10.6 Å². The van der Waals surface area contributed by atoms with E-state index in [0.29, 0.717) is 36.7 Å². The fourth-order valence-electron chi connectivity index (χ4n) is 1.77. The largest absolute Gasteiger partial charge is 0.476 e. The number of aromatic nitrogens is 4. The zero-order chi connectivity index (χ0) is 13.8. The average molecular weight is 266 g/mol. The summed E-state index contributed by atoms with van der Waals surface area (Å²) < 4.78 is 11.5. The maximum atomic E-state index is 11.0. The van der Waals surface area contributed by atoms with Crippen molar-refractivity contribution in [3.63, 3.8) is 0 Å². The quantitative estimate of drug-likeness (QED) is 0.821. The molecule has 0 spiro atoms. The third-order valence-electron chi connectivity index (χ3n) is 2.58. The second-order valence-corrected chi connectivity index (χ2v) is 3.92. The molecule has 0 aliphatic heterocycles. The molecule has 8 nitrogen and oxygen atoms in total. The van der Waals surface area contributed by atoms with Crippen molar-refractivity contribution in [3.05, 3.63) is 28.9 Å². The molecule has 0 fully saturated rings. The van der Waals surface area contributed by atoms with Gasteiger partial charge in [-0.2, -0.15) is 0 Å². The lowest BCUT2D eigenvalue weighted by Gasteiger charge is -2.01. The first-order chi connectivity index (χ1) is 9.15. The van der Waals surface area contributed by atoms with Gasteiger partial charge in [-0.15, -0.1) is 5.10 Å². The van der Waals surface area contributed by atoms with Crippen LogP contribution >= 0.6 is 0 Å². The van der Waals surface area contributed by atoms with E-state index in [9.17, 15) is 4.79 Å². The van der Waals surface area contributed by atoms with Gasteiger partial charge in [0.1, 0.15) is 12.3 Å². The van der Waals surface area contributed by atoms with E-state index in [2.05, 4.69) is 15.5 Å². The van der Waals surface area contributed by atoms with Gasteiger partial charge in [-0.3, -0.25) is 0 Å². The molecule has 0 aliphatic rings. The van der Waals surface area contributed by atoms with E-state index in [4.69, 9.17) is 14.4 Å². The summed E-state index contributed by atoms with van der Waals surface area (Å²) >= 11 is 0. The van der Waals surface area contributed by atoms with Crippen LogP contribution in [0.1, 0.15) is 34.6 Å². The summed E-state index contributed by atoms with van der Waals surface area (Å²) in [6.07, 6.45) is 0.525. The summed E-state index contributed by atoms with van der Waals surface area (Å²) in [5.74, 6) is -0.475. The Balaban J connectivity index is 2.20. The van der Waals surface area contributed by atoms with Gasteiger partial charge in [0.25, 0.3) is 0 Å². The minimum absolute atomic E-state index is 0.0249. The number of methoxy groups -OCH3 is 1. The summed E-state index contributed by atoms with van der Waals surface area (Å²) in [5.41, 5.74) is 1.18. The summed E-state index contributed by atoms with van der Waals surface area (Å²) in [6, 6.07) is 1.74. The Morgan fingerprint density at radius 3 is 3.00 bits per heavy atom. The molecule has 0 amide bonds. The van der Waals surface area contributed by atoms with Gasteiger partial charge < -0.3 is 14.4 Å². The number of nitrogens with zero attached hydrogens (tertiary/aromatic N) is 4. The molecule has 0 atom stereocenters. The highest BCUT2D eigenvalue weighted by atomic mass is 16.5. The lowest BCUT2D eigenvalue weighted by molar-refractivity contribution is 0.0689. The van der Waals surface area contributed by atoms with Gasteiger partial charge in [0.05, 0.1) is 12.2 Å². The summed E-state index contributed by atoms with van der Waals surface area (Å²) in [7, 11) is 1.56. The third-order valence-corrected chi connectivity index (χ3v) is 2.58. The van der Waals surface area contributed by atoms with Gasteiger partial charge in [-0.05, 0) is 6.42 Å². The summed E-state index contributed by atoms with van der Waals surface area (Å²) in [5, 5.41) is 20.3. The van der Waals surface area contributed by atoms with E-state index in [1.54, 1.807) is 13.2 Å². The molecule has 0 saturated heterocycles. The maximum Gasteiger partial charge on any atom is 0.358 e. The Labute approximate surface area is 109 Å². The first-order valence-corrected chi connectivity index (χ1v) is 5.74. The molecular formula is C11H14N4O4. The number of hydrogen-bond acceptors (Lipinski definition) is 6. The molecule has 2 heterocycles. The van der Waals surface area contributed by atoms with Crippen molar-refractivity contribution in [3.8, 4) is 0 Å². The van der Waals surface area contributed by atoms with Gasteiger partial charge >= 0.3 is 5.97 Å². The van der Waals surface area contributed by atoms with Gasteiger partial charge in [-0.1, -0.05) is 17.3 Å². The van der Waals surface area contributed by atoms with Gasteiger partial charge in [0, 0.05) is 13.2 Å². The Hall–Kier alpha value is -2.22. The summed E-state index contributed by atoms with van der Waals surface area (Å²) in [4.78, 5) is 11.0. The van der Waals surface area contributed by atoms with E-state index in [1.807, 2.05) is 6.92 Å². The van der Waals surface area contributed by atoms with Crippen LogP contribution < -0.4 is 0 Å². The van der Waals surface area contributed by atoms with Crippen molar-refractivity contribution in [1.82, 2.24) is 20.2 Å². The molecule has 2 aromatic heterocycles. The van der Waals surface area contributed by atoms with Crippen LogP contribution in [-0.4, -0.2) is 38.3 Å². The number of rotatable bonds is 6. The minimum Gasteiger partial charge on any atom is -0.476 e. The van der Waals surface area contributed by atoms with Crippen molar-refractivity contribution in [2.24, 2.45) is 0 Å². The Morgan fingerprint density at radius 1 is 1.58 bits per heavy atom. The van der Waals surface area contributed by atoms with Crippen molar-refractivity contribution < 1.29 is 19.2 Å². The van der Waals surface area contributed by atoms with E-state index >= 15 is 0 Å². The molecule has 1 N–H and O–H groups in total. The van der Waals surface area contributed by atoms with Crippen LogP contribution in [-0.2, 0) is 24.3 Å². The Morgan fingerprint density at radius 2 is 2.37 bits per heavy atom. The lowest BCUT2D eigenvalue weighted by Crippen LogP contribution is -2.08. The van der Waals surface area contributed by atoms with Crippen LogP contribution in [0.4, 0.5) is 0 Å². The minimum atomic E-state index is -1.08. The SMILES string of the molecule is CCc1c(C(=O)O)nnn1Cc1cc(COC)on1. The van der Waals surface area contributed by atoms with Crippen LogP contribution in [0.3, 0.4) is 0 Å². The first-order valence-electron chi connectivity index (χ1n) is 5.74. The van der Waals surface area contributed by atoms with E-state index < -0.39 is 5.97 Å². The van der Waals surface area contributed by atoms with Crippen molar-refractivity contribution in [1.29, 1.82) is 0 Å². The number of carboxylic acid groups (broad SMARTS) is 1. The molecule has 2 aromatic rings. The predicted octanol–water partition coefficient (Wildman–Crippen LogP) is 0.721. The highest BCUT2D eigenvalue weighted by molar-refractivity contribution is 5.86. The second kappa shape index (κ2) is 5.61. The fourth-order valence-corrected chi connectivity index (χ4v) is 1.77. The standard InChI is InChI=1S/C11H14N4O4/c1-3-9-10(11(16)17)12-14-15(9)5-7-4-8(6-18-2)19-13-7/h4H,3,5-6H2,1-2H3,(H,16,17). The van der Waals surface area contributed by atoms with Crippen LogP contribution in [0.5, 0.6) is 0 Å². The maximum absolute atomic E-state index is 11.0. The average Bonchev–Trinajstić information content (AvgIpc) is 2.97. The lowest BCUT2D eigenvalue weighted by atomic mass is 10.2. The number of carboxylic acids is 1. The van der Waals surface area contributed by atoms with E-state index in [-0.39, 0.29) is 5.69 Å². The predicted molar refractivity (Wildman–Crippen MR) is 62.7 cm³/mol. The van der Waals surface area contributed by atoms with Crippen molar-refractivity contribution in [2.75, 3.05) is 7.11 Å². The number of hydrogen-bond donors (Lipinski definition) is 1. The fraction of sp³-hybridized carbons (Fsp3) is 0.455. The van der Waals surface area contributed by atoms with Gasteiger partial charge in [0.15, 0.2) is 11.5 Å². The van der Waals surface area contributed by atoms with E-state index in [0.717, 1.165) is 0 Å². The molecule has 0 radical (unpaired) electrons.